The van der Waals surface area contributed by atoms with E-state index in [1.807, 2.05) is 18.4 Å². The highest BCUT2D eigenvalue weighted by Gasteiger charge is 2.31. The Morgan fingerprint density at radius 3 is 2.59 bits per heavy atom. The second-order valence-corrected chi connectivity index (χ2v) is 6.01. The van der Waals surface area contributed by atoms with E-state index in [0.29, 0.717) is 0 Å². The molecular weight excluding hydrogens is 272 g/mol. The maximum Gasteiger partial charge on any atom is 0.134 e. The minimum Gasteiger partial charge on any atom is -0.492 e. The van der Waals surface area contributed by atoms with E-state index >= 15 is 0 Å². The summed E-state index contributed by atoms with van der Waals surface area (Å²) < 4.78 is 11.6. The van der Waals surface area contributed by atoms with Crippen LogP contribution in [0.1, 0.15) is 39.8 Å². The van der Waals surface area contributed by atoms with E-state index < -0.39 is 0 Å². The van der Waals surface area contributed by atoms with Crippen LogP contribution < -0.4 is 4.74 Å². The van der Waals surface area contributed by atoms with Gasteiger partial charge in [0.1, 0.15) is 11.9 Å². The Morgan fingerprint density at radius 1 is 0.864 bits per heavy atom. The van der Waals surface area contributed by atoms with E-state index in [2.05, 4.69) is 50.3 Å². The number of aryl methyl sites for hydroxylation is 2. The fourth-order valence-corrected chi connectivity index (χ4v) is 3.25. The summed E-state index contributed by atoms with van der Waals surface area (Å²) in [4.78, 5) is 0. The fourth-order valence-electron chi connectivity index (χ4n) is 3.25. The standard InChI is InChI=1S/C20H18O2/c1-13-3-5-16-15(11-13)7-9-22-20(16)17-8-10-21-19-6-4-14(2)12-18(17)19/h3-12,17,20H,1-2H3. The third kappa shape index (κ3) is 2.12. The van der Waals surface area contributed by atoms with Crippen molar-refractivity contribution in [1.29, 1.82) is 0 Å². The Morgan fingerprint density at radius 2 is 1.68 bits per heavy atom. The van der Waals surface area contributed by atoms with Crippen LogP contribution in [-0.4, -0.2) is 0 Å². The van der Waals surface area contributed by atoms with Gasteiger partial charge in [-0.15, -0.1) is 0 Å². The summed E-state index contributed by atoms with van der Waals surface area (Å²) in [6.07, 6.45) is 7.71. The van der Waals surface area contributed by atoms with E-state index in [1.54, 1.807) is 6.26 Å². The van der Waals surface area contributed by atoms with E-state index in [1.165, 1.54) is 27.8 Å². The summed E-state index contributed by atoms with van der Waals surface area (Å²) in [6, 6.07) is 12.8. The van der Waals surface area contributed by atoms with Gasteiger partial charge in [0.05, 0.1) is 18.4 Å². The molecule has 0 spiro atoms. The predicted octanol–water partition coefficient (Wildman–Crippen LogP) is 5.04. The molecule has 0 bridgehead atoms. The molecule has 110 valence electrons. The van der Waals surface area contributed by atoms with Crippen molar-refractivity contribution in [2.75, 3.05) is 0 Å². The summed E-state index contributed by atoms with van der Waals surface area (Å²) in [5.41, 5.74) is 6.16. The average molecular weight is 290 g/mol. The molecule has 2 aromatic rings. The number of rotatable bonds is 1. The minimum atomic E-state index is -0.0127. The molecule has 2 heteroatoms. The van der Waals surface area contributed by atoms with Crippen LogP contribution in [0.2, 0.25) is 0 Å². The second kappa shape index (κ2) is 5.06. The predicted molar refractivity (Wildman–Crippen MR) is 87.7 cm³/mol. The SMILES string of the molecule is Cc1ccc2c(c1)C=COC2C1C=COc2ccc(C)cc21. The zero-order valence-corrected chi connectivity index (χ0v) is 12.7. The molecule has 2 aliphatic heterocycles. The maximum atomic E-state index is 5.99. The van der Waals surface area contributed by atoms with Gasteiger partial charge in [0.2, 0.25) is 0 Å². The Bertz CT molecular complexity index is 786. The summed E-state index contributed by atoms with van der Waals surface area (Å²) in [7, 11) is 0. The summed E-state index contributed by atoms with van der Waals surface area (Å²) >= 11 is 0. The molecule has 0 saturated carbocycles. The van der Waals surface area contributed by atoms with Crippen molar-refractivity contribution in [3.8, 4) is 5.75 Å². The molecule has 22 heavy (non-hydrogen) atoms. The summed E-state index contributed by atoms with van der Waals surface area (Å²) in [6.45, 7) is 4.22. The molecule has 2 aliphatic rings. The lowest BCUT2D eigenvalue weighted by molar-refractivity contribution is 0.126. The van der Waals surface area contributed by atoms with Crippen molar-refractivity contribution >= 4 is 6.08 Å². The topological polar surface area (TPSA) is 18.5 Å². The molecular formula is C20H18O2. The van der Waals surface area contributed by atoms with Crippen LogP contribution >= 0.6 is 0 Å². The molecule has 0 radical (unpaired) electrons. The molecule has 4 rings (SSSR count). The van der Waals surface area contributed by atoms with Crippen LogP contribution in [0.5, 0.6) is 5.75 Å². The lowest BCUT2D eigenvalue weighted by Crippen LogP contribution is -2.17. The van der Waals surface area contributed by atoms with Gasteiger partial charge >= 0.3 is 0 Å². The molecule has 2 atom stereocenters. The lowest BCUT2D eigenvalue weighted by atomic mass is 9.84. The number of benzene rings is 2. The van der Waals surface area contributed by atoms with Crippen LogP contribution in [-0.2, 0) is 4.74 Å². The highest BCUT2D eigenvalue weighted by Crippen LogP contribution is 2.44. The van der Waals surface area contributed by atoms with Crippen molar-refractivity contribution in [2.45, 2.75) is 25.9 Å². The van der Waals surface area contributed by atoms with E-state index in [-0.39, 0.29) is 12.0 Å². The van der Waals surface area contributed by atoms with Gasteiger partial charge < -0.3 is 9.47 Å². The second-order valence-electron chi connectivity index (χ2n) is 6.01. The normalized spacial score (nSPS) is 21.5. The first-order chi connectivity index (χ1) is 10.7. The van der Waals surface area contributed by atoms with E-state index in [9.17, 15) is 0 Å². The third-order valence-corrected chi connectivity index (χ3v) is 4.35. The van der Waals surface area contributed by atoms with Crippen molar-refractivity contribution in [2.24, 2.45) is 0 Å². The van der Waals surface area contributed by atoms with Crippen molar-refractivity contribution in [3.05, 3.63) is 82.8 Å². The van der Waals surface area contributed by atoms with Gasteiger partial charge in [-0.3, -0.25) is 0 Å². The highest BCUT2D eigenvalue weighted by molar-refractivity contribution is 5.58. The molecule has 2 unspecified atom stereocenters. The number of ether oxygens (including phenoxy) is 2. The highest BCUT2D eigenvalue weighted by atomic mass is 16.5. The summed E-state index contributed by atoms with van der Waals surface area (Å²) in [5, 5.41) is 0. The molecule has 2 heterocycles. The number of hydrogen-bond acceptors (Lipinski definition) is 2. The molecule has 0 N–H and O–H groups in total. The molecule has 2 aromatic carbocycles. The van der Waals surface area contributed by atoms with E-state index in [0.717, 1.165) is 5.75 Å². The zero-order chi connectivity index (χ0) is 15.1. The van der Waals surface area contributed by atoms with Gasteiger partial charge in [-0.25, -0.2) is 0 Å². The molecule has 0 amide bonds. The van der Waals surface area contributed by atoms with Crippen LogP contribution in [0.3, 0.4) is 0 Å². The van der Waals surface area contributed by atoms with Crippen LogP contribution in [0, 0.1) is 13.8 Å². The van der Waals surface area contributed by atoms with Gasteiger partial charge in [0.25, 0.3) is 0 Å². The van der Waals surface area contributed by atoms with Crippen LogP contribution in [0.25, 0.3) is 6.08 Å². The quantitative estimate of drug-likeness (QED) is 0.733. The molecule has 2 nitrogen and oxygen atoms in total. The number of fused-ring (bicyclic) bond motifs is 2. The van der Waals surface area contributed by atoms with Crippen molar-refractivity contribution in [1.82, 2.24) is 0 Å². The Labute approximate surface area is 130 Å². The molecule has 0 saturated heterocycles. The molecule has 0 aromatic heterocycles. The molecule has 0 aliphatic carbocycles. The third-order valence-electron chi connectivity index (χ3n) is 4.35. The van der Waals surface area contributed by atoms with Gasteiger partial charge in [0.15, 0.2) is 0 Å². The zero-order valence-electron chi connectivity index (χ0n) is 12.7. The van der Waals surface area contributed by atoms with Gasteiger partial charge in [-0.2, -0.15) is 0 Å². The van der Waals surface area contributed by atoms with Gasteiger partial charge in [-0.05, 0) is 37.6 Å². The first-order valence-electron chi connectivity index (χ1n) is 7.59. The maximum absolute atomic E-state index is 5.99. The Balaban J connectivity index is 1.81. The summed E-state index contributed by atoms with van der Waals surface area (Å²) in [5.74, 6) is 1.08. The van der Waals surface area contributed by atoms with Crippen molar-refractivity contribution in [3.63, 3.8) is 0 Å². The van der Waals surface area contributed by atoms with Crippen LogP contribution in [0.15, 0.2) is 55.0 Å². The largest absolute Gasteiger partial charge is 0.492 e. The average Bonchev–Trinajstić information content (AvgIpc) is 2.53. The van der Waals surface area contributed by atoms with Gasteiger partial charge in [-0.1, -0.05) is 41.5 Å². The van der Waals surface area contributed by atoms with Crippen molar-refractivity contribution < 1.29 is 9.47 Å². The number of hydrogen-bond donors (Lipinski definition) is 0. The Kier molecular flexibility index (Phi) is 3.04. The molecule has 0 fully saturated rings. The first kappa shape index (κ1) is 13.2. The minimum absolute atomic E-state index is 0.0127. The van der Waals surface area contributed by atoms with E-state index in [4.69, 9.17) is 9.47 Å². The smallest absolute Gasteiger partial charge is 0.134 e. The fraction of sp³-hybridized carbons (Fsp3) is 0.200. The van der Waals surface area contributed by atoms with Crippen LogP contribution in [0.4, 0.5) is 0 Å². The first-order valence-corrected chi connectivity index (χ1v) is 7.59. The van der Waals surface area contributed by atoms with Gasteiger partial charge in [0, 0.05) is 11.1 Å². The Hall–Kier alpha value is -2.48. The lowest BCUT2D eigenvalue weighted by Gasteiger charge is -2.31. The monoisotopic (exact) mass is 290 g/mol.